The first-order valence-corrected chi connectivity index (χ1v) is 8.28. The number of rotatable bonds is 5. The van der Waals surface area contributed by atoms with Gasteiger partial charge in [0.25, 0.3) is 5.91 Å². The Bertz CT molecular complexity index is 719. The van der Waals surface area contributed by atoms with Gasteiger partial charge in [0.15, 0.2) is 0 Å². The fourth-order valence-electron chi connectivity index (χ4n) is 2.79. The summed E-state index contributed by atoms with van der Waals surface area (Å²) in [6, 6.07) is 5.35. The summed E-state index contributed by atoms with van der Waals surface area (Å²) in [4.78, 5) is 27.2. The maximum Gasteiger partial charge on any atom is 0.272 e. The van der Waals surface area contributed by atoms with Crippen LogP contribution in [0.15, 0.2) is 24.4 Å². The summed E-state index contributed by atoms with van der Waals surface area (Å²) in [5.74, 6) is 0.944. The number of hydrogen-bond donors (Lipinski definition) is 2. The molecule has 0 spiro atoms. The van der Waals surface area contributed by atoms with E-state index >= 15 is 0 Å². The van der Waals surface area contributed by atoms with Crippen molar-refractivity contribution < 1.29 is 4.79 Å². The highest BCUT2D eigenvalue weighted by molar-refractivity contribution is 5.92. The van der Waals surface area contributed by atoms with E-state index in [0.717, 1.165) is 36.5 Å². The number of nitrogens with zero attached hydrogens (tertiary/aromatic N) is 4. The van der Waals surface area contributed by atoms with Crippen LogP contribution in [0.1, 0.15) is 41.5 Å². The molecule has 0 saturated heterocycles. The van der Waals surface area contributed by atoms with E-state index in [1.807, 2.05) is 6.07 Å². The first kappa shape index (κ1) is 16.2. The molecule has 3 N–H and O–H groups in total. The maximum absolute atomic E-state index is 12.6. The van der Waals surface area contributed by atoms with Crippen molar-refractivity contribution in [2.24, 2.45) is 0 Å². The van der Waals surface area contributed by atoms with E-state index in [1.54, 1.807) is 23.2 Å². The standard InChI is InChI=1S/C17H22N6O/c1-2-3-8-20-15-12-11-23(10-7-13(12)21-17(18)22-15)16(24)14-6-4-5-9-19-14/h4-6,9H,2-3,7-8,10-11H2,1H3,(H3,18,20,21,22). The van der Waals surface area contributed by atoms with Crippen molar-refractivity contribution >= 4 is 17.7 Å². The lowest BCUT2D eigenvalue weighted by Crippen LogP contribution is -2.37. The van der Waals surface area contributed by atoms with Crippen LogP contribution in [0, 0.1) is 0 Å². The number of nitrogens with one attached hydrogen (secondary N) is 1. The van der Waals surface area contributed by atoms with Gasteiger partial charge < -0.3 is 16.0 Å². The number of amides is 1. The van der Waals surface area contributed by atoms with Crippen LogP contribution in [0.5, 0.6) is 0 Å². The molecular weight excluding hydrogens is 304 g/mol. The zero-order valence-corrected chi connectivity index (χ0v) is 13.8. The van der Waals surface area contributed by atoms with E-state index in [0.29, 0.717) is 25.2 Å². The van der Waals surface area contributed by atoms with Crippen molar-refractivity contribution in [3.63, 3.8) is 0 Å². The van der Waals surface area contributed by atoms with Gasteiger partial charge in [0.05, 0.1) is 12.2 Å². The predicted molar refractivity (Wildman–Crippen MR) is 92.5 cm³/mol. The van der Waals surface area contributed by atoms with E-state index < -0.39 is 0 Å². The van der Waals surface area contributed by atoms with Gasteiger partial charge in [-0.05, 0) is 18.6 Å². The molecule has 0 atom stereocenters. The van der Waals surface area contributed by atoms with Gasteiger partial charge in [-0.3, -0.25) is 9.78 Å². The smallest absolute Gasteiger partial charge is 0.272 e. The summed E-state index contributed by atoms with van der Waals surface area (Å²) in [5.41, 5.74) is 8.15. The maximum atomic E-state index is 12.6. The number of anilines is 2. The van der Waals surface area contributed by atoms with E-state index in [-0.39, 0.29) is 11.9 Å². The molecule has 24 heavy (non-hydrogen) atoms. The number of pyridine rings is 1. The Morgan fingerprint density at radius 2 is 2.25 bits per heavy atom. The van der Waals surface area contributed by atoms with Gasteiger partial charge >= 0.3 is 0 Å². The number of nitrogens with two attached hydrogens (primary N) is 1. The van der Waals surface area contributed by atoms with Crippen molar-refractivity contribution in [3.05, 3.63) is 41.3 Å². The Hall–Kier alpha value is -2.70. The molecule has 3 heterocycles. The van der Waals surface area contributed by atoms with Crippen LogP contribution in [0.2, 0.25) is 0 Å². The Balaban J connectivity index is 1.82. The minimum Gasteiger partial charge on any atom is -0.370 e. The molecule has 1 aliphatic rings. The minimum absolute atomic E-state index is 0.0717. The summed E-state index contributed by atoms with van der Waals surface area (Å²) in [5, 5.41) is 3.33. The van der Waals surface area contributed by atoms with E-state index in [9.17, 15) is 4.79 Å². The molecule has 0 bridgehead atoms. The number of fused-ring (bicyclic) bond motifs is 1. The van der Waals surface area contributed by atoms with Crippen molar-refractivity contribution in [3.8, 4) is 0 Å². The molecule has 2 aromatic heterocycles. The molecule has 7 nitrogen and oxygen atoms in total. The Morgan fingerprint density at radius 1 is 1.38 bits per heavy atom. The highest BCUT2D eigenvalue weighted by Crippen LogP contribution is 2.25. The first-order valence-electron chi connectivity index (χ1n) is 8.28. The predicted octanol–water partition coefficient (Wildman–Crippen LogP) is 1.86. The van der Waals surface area contributed by atoms with Gasteiger partial charge in [0.2, 0.25) is 5.95 Å². The second-order valence-electron chi connectivity index (χ2n) is 5.83. The van der Waals surface area contributed by atoms with Gasteiger partial charge in [-0.2, -0.15) is 4.98 Å². The topological polar surface area (TPSA) is 97.0 Å². The average Bonchev–Trinajstić information content (AvgIpc) is 2.61. The van der Waals surface area contributed by atoms with Gasteiger partial charge in [0.1, 0.15) is 11.5 Å². The summed E-state index contributed by atoms with van der Waals surface area (Å²) in [6.45, 7) is 4.04. The number of aromatic nitrogens is 3. The number of nitrogen functional groups attached to an aromatic ring is 1. The lowest BCUT2D eigenvalue weighted by molar-refractivity contribution is 0.0728. The Labute approximate surface area is 141 Å². The van der Waals surface area contributed by atoms with Crippen LogP contribution in [0.25, 0.3) is 0 Å². The van der Waals surface area contributed by atoms with Crippen molar-refractivity contribution in [2.45, 2.75) is 32.7 Å². The number of unbranched alkanes of at least 4 members (excludes halogenated alkanes) is 1. The largest absolute Gasteiger partial charge is 0.370 e. The first-order chi connectivity index (χ1) is 11.7. The zero-order chi connectivity index (χ0) is 16.9. The van der Waals surface area contributed by atoms with Crippen molar-refractivity contribution in [1.29, 1.82) is 0 Å². The highest BCUT2D eigenvalue weighted by Gasteiger charge is 2.26. The summed E-state index contributed by atoms with van der Waals surface area (Å²) >= 11 is 0. The van der Waals surface area contributed by atoms with Crippen LogP contribution in [0.4, 0.5) is 11.8 Å². The van der Waals surface area contributed by atoms with Crippen LogP contribution >= 0.6 is 0 Å². The molecule has 0 aliphatic carbocycles. The van der Waals surface area contributed by atoms with E-state index in [4.69, 9.17) is 5.73 Å². The molecule has 0 aromatic carbocycles. The number of carbonyl (C=O) groups is 1. The van der Waals surface area contributed by atoms with Gasteiger partial charge in [-0.15, -0.1) is 0 Å². The molecule has 0 fully saturated rings. The Morgan fingerprint density at radius 3 is 3.00 bits per heavy atom. The monoisotopic (exact) mass is 326 g/mol. The second-order valence-corrected chi connectivity index (χ2v) is 5.83. The van der Waals surface area contributed by atoms with Gasteiger partial charge in [0, 0.05) is 31.3 Å². The third-order valence-electron chi connectivity index (χ3n) is 4.07. The van der Waals surface area contributed by atoms with Crippen molar-refractivity contribution in [2.75, 3.05) is 24.1 Å². The lowest BCUT2D eigenvalue weighted by Gasteiger charge is -2.29. The quantitative estimate of drug-likeness (QED) is 0.814. The van der Waals surface area contributed by atoms with Gasteiger partial charge in [-0.1, -0.05) is 19.4 Å². The minimum atomic E-state index is -0.0717. The van der Waals surface area contributed by atoms with Crippen LogP contribution in [-0.2, 0) is 13.0 Å². The van der Waals surface area contributed by atoms with E-state index in [2.05, 4.69) is 27.2 Å². The molecule has 0 unspecified atom stereocenters. The highest BCUT2D eigenvalue weighted by atomic mass is 16.2. The average molecular weight is 326 g/mol. The fraction of sp³-hybridized carbons (Fsp3) is 0.412. The SMILES string of the molecule is CCCCNc1nc(N)nc2c1CN(C(=O)c1ccccn1)CC2. The second kappa shape index (κ2) is 7.25. The number of hydrogen-bond acceptors (Lipinski definition) is 6. The zero-order valence-electron chi connectivity index (χ0n) is 13.8. The molecular formula is C17H22N6O. The summed E-state index contributed by atoms with van der Waals surface area (Å²) in [7, 11) is 0. The summed E-state index contributed by atoms with van der Waals surface area (Å²) in [6.07, 6.45) is 4.45. The molecule has 0 saturated carbocycles. The van der Waals surface area contributed by atoms with Crippen LogP contribution < -0.4 is 11.1 Å². The molecule has 1 amide bonds. The normalized spacial score (nSPS) is 13.5. The fourth-order valence-corrected chi connectivity index (χ4v) is 2.79. The van der Waals surface area contributed by atoms with Gasteiger partial charge in [-0.25, -0.2) is 4.98 Å². The lowest BCUT2D eigenvalue weighted by atomic mass is 10.1. The molecule has 2 aromatic rings. The molecule has 126 valence electrons. The molecule has 0 radical (unpaired) electrons. The summed E-state index contributed by atoms with van der Waals surface area (Å²) < 4.78 is 0. The molecule has 3 rings (SSSR count). The Kier molecular flexibility index (Phi) is 4.88. The molecule has 7 heteroatoms. The number of carbonyl (C=O) groups excluding carboxylic acids is 1. The van der Waals surface area contributed by atoms with Crippen LogP contribution in [0.3, 0.4) is 0 Å². The van der Waals surface area contributed by atoms with Crippen molar-refractivity contribution in [1.82, 2.24) is 19.9 Å². The third kappa shape index (κ3) is 3.45. The molecule has 1 aliphatic heterocycles. The third-order valence-corrected chi connectivity index (χ3v) is 4.07. The van der Waals surface area contributed by atoms with E-state index in [1.165, 1.54) is 0 Å². The van der Waals surface area contributed by atoms with Crippen LogP contribution in [-0.4, -0.2) is 38.8 Å².